The lowest BCUT2D eigenvalue weighted by Gasteiger charge is -2.38. The topological polar surface area (TPSA) is 52.6 Å². The summed E-state index contributed by atoms with van der Waals surface area (Å²) in [6.07, 6.45) is 0.433. The molecule has 4 nitrogen and oxygen atoms in total. The minimum absolute atomic E-state index is 0.0878. The SMILES string of the molecule is O=C1N(C(c2ccc(F)cc2)c2ccc(F)cc2)CCC12CCNCC2O. The first-order valence-corrected chi connectivity index (χ1v) is 9.22. The minimum atomic E-state index is -0.774. The third-order valence-electron chi connectivity index (χ3n) is 5.89. The van der Waals surface area contributed by atoms with Gasteiger partial charge in [0.05, 0.1) is 17.6 Å². The Morgan fingerprint density at radius 1 is 1.00 bits per heavy atom. The Morgan fingerprint density at radius 2 is 1.56 bits per heavy atom. The molecular weight excluding hydrogens is 350 g/mol. The van der Waals surface area contributed by atoms with E-state index in [0.717, 1.165) is 11.1 Å². The van der Waals surface area contributed by atoms with Gasteiger partial charge in [0.2, 0.25) is 5.91 Å². The Balaban J connectivity index is 1.74. The smallest absolute Gasteiger partial charge is 0.232 e. The third kappa shape index (κ3) is 3.13. The van der Waals surface area contributed by atoms with Gasteiger partial charge < -0.3 is 15.3 Å². The molecule has 1 spiro atoms. The number of likely N-dealkylation sites (tertiary alicyclic amines) is 1. The number of nitrogens with one attached hydrogen (secondary N) is 1. The maximum Gasteiger partial charge on any atom is 0.232 e. The summed E-state index contributed by atoms with van der Waals surface area (Å²) < 4.78 is 26.9. The van der Waals surface area contributed by atoms with Crippen LogP contribution in [0.3, 0.4) is 0 Å². The van der Waals surface area contributed by atoms with Crippen LogP contribution in [-0.4, -0.2) is 41.7 Å². The first kappa shape index (κ1) is 18.1. The lowest BCUT2D eigenvalue weighted by atomic mass is 9.75. The highest BCUT2D eigenvalue weighted by Gasteiger charge is 2.54. The van der Waals surface area contributed by atoms with Gasteiger partial charge in [0.1, 0.15) is 11.6 Å². The molecule has 0 bridgehead atoms. The highest BCUT2D eigenvalue weighted by Crippen LogP contribution is 2.44. The molecule has 4 rings (SSSR count). The molecule has 27 heavy (non-hydrogen) atoms. The Kier molecular flexibility index (Phi) is 4.70. The van der Waals surface area contributed by atoms with Gasteiger partial charge in [-0.25, -0.2) is 8.78 Å². The van der Waals surface area contributed by atoms with Crippen molar-refractivity contribution in [2.45, 2.75) is 25.0 Å². The molecule has 2 aromatic carbocycles. The Hall–Kier alpha value is -2.31. The number of hydrogen-bond donors (Lipinski definition) is 2. The molecule has 142 valence electrons. The Morgan fingerprint density at radius 3 is 2.07 bits per heavy atom. The fourth-order valence-corrected chi connectivity index (χ4v) is 4.36. The van der Waals surface area contributed by atoms with E-state index in [1.54, 1.807) is 29.2 Å². The number of rotatable bonds is 3. The van der Waals surface area contributed by atoms with Crippen molar-refractivity contribution in [3.8, 4) is 0 Å². The molecule has 2 fully saturated rings. The van der Waals surface area contributed by atoms with Crippen molar-refractivity contribution in [1.29, 1.82) is 0 Å². The van der Waals surface area contributed by atoms with Crippen molar-refractivity contribution in [1.82, 2.24) is 10.2 Å². The van der Waals surface area contributed by atoms with Crippen LogP contribution < -0.4 is 5.32 Å². The molecule has 0 saturated carbocycles. The predicted molar refractivity (Wildman–Crippen MR) is 96.9 cm³/mol. The highest BCUT2D eigenvalue weighted by molar-refractivity contribution is 5.86. The van der Waals surface area contributed by atoms with Crippen LogP contribution in [0.4, 0.5) is 8.78 Å². The number of piperidine rings is 1. The molecule has 0 aliphatic carbocycles. The van der Waals surface area contributed by atoms with Gasteiger partial charge in [0.15, 0.2) is 0 Å². The molecule has 0 radical (unpaired) electrons. The van der Waals surface area contributed by atoms with Crippen LogP contribution in [-0.2, 0) is 4.79 Å². The lowest BCUT2D eigenvalue weighted by molar-refractivity contribution is -0.145. The monoisotopic (exact) mass is 372 g/mol. The number of halogens is 2. The minimum Gasteiger partial charge on any atom is -0.391 e. The number of β-amino-alcohol motifs (C(OH)–C–C–N with tert-alkyl or cyclic N) is 1. The van der Waals surface area contributed by atoms with E-state index in [9.17, 15) is 18.7 Å². The van der Waals surface area contributed by atoms with Crippen molar-refractivity contribution in [3.05, 3.63) is 71.3 Å². The second-order valence-electron chi connectivity index (χ2n) is 7.38. The summed E-state index contributed by atoms with van der Waals surface area (Å²) in [7, 11) is 0. The Bertz CT molecular complexity index is 780. The predicted octanol–water partition coefficient (Wildman–Crippen LogP) is 2.63. The number of aliphatic hydroxyl groups is 1. The fourth-order valence-electron chi connectivity index (χ4n) is 4.36. The molecular formula is C21H22F2N2O2. The first-order valence-electron chi connectivity index (χ1n) is 9.22. The van der Waals surface area contributed by atoms with Crippen molar-refractivity contribution in [2.75, 3.05) is 19.6 Å². The average molecular weight is 372 g/mol. The molecule has 2 heterocycles. The zero-order chi connectivity index (χ0) is 19.0. The zero-order valence-electron chi connectivity index (χ0n) is 14.9. The number of hydrogen-bond acceptors (Lipinski definition) is 3. The van der Waals surface area contributed by atoms with E-state index >= 15 is 0 Å². The summed E-state index contributed by atoms with van der Waals surface area (Å²) in [5, 5.41) is 13.7. The second kappa shape index (κ2) is 7.02. The molecule has 2 atom stereocenters. The van der Waals surface area contributed by atoms with Crippen LogP contribution in [0.25, 0.3) is 0 Å². The van der Waals surface area contributed by atoms with Crippen molar-refractivity contribution >= 4 is 5.91 Å². The van der Waals surface area contributed by atoms with E-state index in [1.807, 2.05) is 0 Å². The second-order valence-corrected chi connectivity index (χ2v) is 7.38. The summed E-state index contributed by atoms with van der Waals surface area (Å²) in [5.74, 6) is -0.792. The molecule has 2 unspecified atom stereocenters. The van der Waals surface area contributed by atoms with Crippen LogP contribution in [0.1, 0.15) is 30.0 Å². The van der Waals surface area contributed by atoms with E-state index in [4.69, 9.17) is 0 Å². The molecule has 2 aliphatic heterocycles. The number of amides is 1. The van der Waals surface area contributed by atoms with Crippen LogP contribution >= 0.6 is 0 Å². The van der Waals surface area contributed by atoms with E-state index in [2.05, 4.69) is 5.32 Å². The van der Waals surface area contributed by atoms with Gasteiger partial charge in [-0.2, -0.15) is 0 Å². The normalized spacial score (nSPS) is 25.6. The third-order valence-corrected chi connectivity index (χ3v) is 5.89. The zero-order valence-corrected chi connectivity index (χ0v) is 14.9. The standard InChI is InChI=1S/C21H22F2N2O2/c22-16-5-1-14(2-6-16)19(15-3-7-17(23)8-4-15)25-12-10-21(20(25)27)9-11-24-13-18(21)26/h1-8,18-19,24,26H,9-13H2. The van der Waals surface area contributed by atoms with Crippen molar-refractivity contribution in [2.24, 2.45) is 5.41 Å². The number of benzene rings is 2. The number of nitrogens with zero attached hydrogens (tertiary/aromatic N) is 1. The first-order chi connectivity index (χ1) is 13.0. The number of carbonyl (C=O) groups excluding carboxylic acids is 1. The summed E-state index contributed by atoms with van der Waals surface area (Å²) in [4.78, 5) is 15.1. The van der Waals surface area contributed by atoms with Gasteiger partial charge >= 0.3 is 0 Å². The molecule has 2 aliphatic rings. The molecule has 2 aromatic rings. The van der Waals surface area contributed by atoms with E-state index < -0.39 is 17.6 Å². The molecule has 0 aromatic heterocycles. The lowest BCUT2D eigenvalue weighted by Crippen LogP contribution is -2.53. The van der Waals surface area contributed by atoms with Crippen LogP contribution in [0.15, 0.2) is 48.5 Å². The van der Waals surface area contributed by atoms with E-state index in [1.165, 1.54) is 24.3 Å². The summed E-state index contributed by atoms with van der Waals surface area (Å²) in [6, 6.07) is 11.6. The van der Waals surface area contributed by atoms with Crippen molar-refractivity contribution in [3.63, 3.8) is 0 Å². The van der Waals surface area contributed by atoms with Crippen molar-refractivity contribution < 1.29 is 18.7 Å². The average Bonchev–Trinajstić information content (AvgIpc) is 2.99. The molecule has 2 N–H and O–H groups in total. The Labute approximate surface area is 156 Å². The van der Waals surface area contributed by atoms with E-state index in [-0.39, 0.29) is 17.5 Å². The van der Waals surface area contributed by atoms with Gasteiger partial charge in [-0.15, -0.1) is 0 Å². The van der Waals surface area contributed by atoms with Gasteiger partial charge in [-0.1, -0.05) is 24.3 Å². The summed E-state index contributed by atoms with van der Waals surface area (Å²) >= 11 is 0. The number of aliphatic hydroxyl groups excluding tert-OH is 1. The maximum atomic E-state index is 13.4. The van der Waals surface area contributed by atoms with Gasteiger partial charge in [-0.05, 0) is 54.8 Å². The largest absolute Gasteiger partial charge is 0.391 e. The molecule has 6 heteroatoms. The molecule has 1 amide bonds. The number of carbonyl (C=O) groups is 1. The van der Waals surface area contributed by atoms with E-state index in [0.29, 0.717) is 32.5 Å². The molecule has 2 saturated heterocycles. The van der Waals surface area contributed by atoms with Gasteiger partial charge in [0, 0.05) is 13.1 Å². The summed E-state index contributed by atoms with van der Waals surface area (Å²) in [5.41, 5.74) is 0.748. The quantitative estimate of drug-likeness (QED) is 0.871. The van der Waals surface area contributed by atoms with Crippen LogP contribution in [0, 0.1) is 17.0 Å². The maximum absolute atomic E-state index is 13.4. The fraction of sp³-hybridized carbons (Fsp3) is 0.381. The van der Waals surface area contributed by atoms with Gasteiger partial charge in [0.25, 0.3) is 0 Å². The van der Waals surface area contributed by atoms with Crippen LogP contribution in [0.5, 0.6) is 0 Å². The highest BCUT2D eigenvalue weighted by atomic mass is 19.1. The van der Waals surface area contributed by atoms with Crippen LogP contribution in [0.2, 0.25) is 0 Å². The summed E-state index contributed by atoms with van der Waals surface area (Å²) in [6.45, 7) is 1.58. The van der Waals surface area contributed by atoms with Gasteiger partial charge in [-0.3, -0.25) is 4.79 Å².